The molecule has 8 heteroatoms. The average Bonchev–Trinajstić information content (AvgIpc) is 2.52. The Morgan fingerprint density at radius 3 is 2.67 bits per heavy atom. The summed E-state index contributed by atoms with van der Waals surface area (Å²) < 4.78 is 32.3. The lowest BCUT2D eigenvalue weighted by Crippen LogP contribution is -2.42. The number of anilines is 1. The number of carbonyl (C=O) groups is 2. The zero-order valence-corrected chi connectivity index (χ0v) is 14.8. The fourth-order valence-corrected chi connectivity index (χ4v) is 3.84. The van der Waals surface area contributed by atoms with Gasteiger partial charge in [-0.25, -0.2) is 8.42 Å². The molecule has 1 aromatic rings. The van der Waals surface area contributed by atoms with Crippen molar-refractivity contribution in [2.75, 3.05) is 12.4 Å². The minimum absolute atomic E-state index is 0.0649. The van der Waals surface area contributed by atoms with Gasteiger partial charge in [-0.1, -0.05) is 13.8 Å². The summed E-state index contributed by atoms with van der Waals surface area (Å²) in [7, 11) is -2.64. The van der Waals surface area contributed by atoms with Gasteiger partial charge in [-0.05, 0) is 42.5 Å². The quantitative estimate of drug-likeness (QED) is 0.753. The van der Waals surface area contributed by atoms with Crippen LogP contribution in [0.5, 0.6) is 0 Å². The molecule has 1 aromatic carbocycles. The van der Waals surface area contributed by atoms with Gasteiger partial charge in [0.05, 0.1) is 12.0 Å². The van der Waals surface area contributed by atoms with Crippen LogP contribution < -0.4 is 10.0 Å². The second kappa shape index (κ2) is 7.31. The Balaban J connectivity index is 2.26. The predicted octanol–water partition coefficient (Wildman–Crippen LogP) is 1.44. The first-order valence-corrected chi connectivity index (χ1v) is 9.24. The predicted molar refractivity (Wildman–Crippen MR) is 89.0 cm³/mol. The van der Waals surface area contributed by atoms with Crippen LogP contribution >= 0.6 is 0 Å². The minimum Gasteiger partial charge on any atom is -0.468 e. The van der Waals surface area contributed by atoms with E-state index in [2.05, 4.69) is 14.8 Å². The number of carbonyl (C=O) groups excluding carboxylic acids is 2. The van der Waals surface area contributed by atoms with E-state index >= 15 is 0 Å². The van der Waals surface area contributed by atoms with E-state index in [1.54, 1.807) is 6.07 Å². The second-order valence-corrected chi connectivity index (χ2v) is 7.91. The van der Waals surface area contributed by atoms with E-state index in [0.29, 0.717) is 24.9 Å². The van der Waals surface area contributed by atoms with Crippen molar-refractivity contribution in [1.29, 1.82) is 0 Å². The van der Waals surface area contributed by atoms with Gasteiger partial charge in [-0.2, -0.15) is 4.72 Å². The van der Waals surface area contributed by atoms with E-state index in [4.69, 9.17) is 0 Å². The number of sulfonamides is 1. The highest BCUT2D eigenvalue weighted by Crippen LogP contribution is 2.25. The average molecular weight is 354 g/mol. The third-order valence-electron chi connectivity index (χ3n) is 3.77. The van der Waals surface area contributed by atoms with Crippen LogP contribution in [0.2, 0.25) is 0 Å². The molecule has 0 bridgehead atoms. The van der Waals surface area contributed by atoms with Crippen LogP contribution in [0.25, 0.3) is 0 Å². The van der Waals surface area contributed by atoms with E-state index in [1.807, 2.05) is 13.8 Å². The van der Waals surface area contributed by atoms with Crippen LogP contribution in [0.15, 0.2) is 23.1 Å². The molecular weight excluding hydrogens is 332 g/mol. The zero-order chi connectivity index (χ0) is 17.9. The maximum Gasteiger partial charge on any atom is 0.323 e. The highest BCUT2D eigenvalue weighted by Gasteiger charge is 2.28. The second-order valence-electron chi connectivity index (χ2n) is 6.19. The Morgan fingerprint density at radius 2 is 2.04 bits per heavy atom. The van der Waals surface area contributed by atoms with Gasteiger partial charge in [0.2, 0.25) is 15.9 Å². The Hall–Kier alpha value is -1.93. The van der Waals surface area contributed by atoms with Gasteiger partial charge in [0.25, 0.3) is 0 Å². The minimum atomic E-state index is -3.87. The number of methoxy groups -OCH3 is 1. The number of nitrogens with one attached hydrogen (secondary N) is 2. The van der Waals surface area contributed by atoms with Crippen molar-refractivity contribution in [3.05, 3.63) is 23.8 Å². The van der Waals surface area contributed by atoms with Crippen LogP contribution in [0.4, 0.5) is 5.69 Å². The summed E-state index contributed by atoms with van der Waals surface area (Å²) in [6.07, 6.45) is 1.14. The van der Waals surface area contributed by atoms with Crippen LogP contribution in [-0.4, -0.2) is 33.4 Å². The molecule has 24 heavy (non-hydrogen) atoms. The molecule has 1 aliphatic heterocycles. The summed E-state index contributed by atoms with van der Waals surface area (Å²) in [4.78, 5) is 23.3. The number of benzene rings is 1. The molecule has 1 aliphatic rings. The summed E-state index contributed by atoms with van der Waals surface area (Å²) in [5, 5.41) is 2.70. The summed E-state index contributed by atoms with van der Waals surface area (Å²) in [6, 6.07) is 3.57. The largest absolute Gasteiger partial charge is 0.468 e. The van der Waals surface area contributed by atoms with E-state index in [1.165, 1.54) is 19.2 Å². The molecule has 1 heterocycles. The normalized spacial score (nSPS) is 15.6. The number of amides is 1. The summed E-state index contributed by atoms with van der Waals surface area (Å²) in [5.74, 6) is -0.577. The molecule has 0 unspecified atom stereocenters. The summed E-state index contributed by atoms with van der Waals surface area (Å²) >= 11 is 0. The van der Waals surface area contributed by atoms with E-state index in [-0.39, 0.29) is 16.7 Å². The van der Waals surface area contributed by atoms with Crippen molar-refractivity contribution in [1.82, 2.24) is 4.72 Å². The molecule has 0 aromatic heterocycles. The van der Waals surface area contributed by atoms with Gasteiger partial charge in [0.1, 0.15) is 6.04 Å². The Kier molecular flexibility index (Phi) is 5.61. The highest BCUT2D eigenvalue weighted by atomic mass is 32.2. The van der Waals surface area contributed by atoms with Crippen molar-refractivity contribution in [3.63, 3.8) is 0 Å². The van der Waals surface area contributed by atoms with Crippen molar-refractivity contribution < 1.29 is 22.7 Å². The lowest BCUT2D eigenvalue weighted by molar-refractivity contribution is -0.143. The summed E-state index contributed by atoms with van der Waals surface area (Å²) in [5.41, 5.74) is 1.38. The molecule has 2 rings (SSSR count). The highest BCUT2D eigenvalue weighted by molar-refractivity contribution is 7.89. The molecule has 0 fully saturated rings. The molecule has 0 spiro atoms. The van der Waals surface area contributed by atoms with Gasteiger partial charge in [-0.3, -0.25) is 9.59 Å². The molecule has 132 valence electrons. The third kappa shape index (κ3) is 4.33. The smallest absolute Gasteiger partial charge is 0.323 e. The zero-order valence-electron chi connectivity index (χ0n) is 14.0. The lowest BCUT2D eigenvalue weighted by atomic mass is 10.0. The third-order valence-corrected chi connectivity index (χ3v) is 5.24. The lowest BCUT2D eigenvalue weighted by Gasteiger charge is -2.20. The molecule has 1 atom stereocenters. The van der Waals surface area contributed by atoms with E-state index < -0.39 is 22.0 Å². The van der Waals surface area contributed by atoms with Crippen molar-refractivity contribution in [3.8, 4) is 0 Å². The van der Waals surface area contributed by atoms with Gasteiger partial charge in [0.15, 0.2) is 0 Å². The van der Waals surface area contributed by atoms with Gasteiger partial charge in [0, 0.05) is 12.1 Å². The molecule has 0 saturated carbocycles. The first-order chi connectivity index (χ1) is 11.2. The van der Waals surface area contributed by atoms with E-state index in [0.717, 1.165) is 5.56 Å². The van der Waals surface area contributed by atoms with Gasteiger partial charge >= 0.3 is 5.97 Å². The molecule has 2 N–H and O–H groups in total. The van der Waals surface area contributed by atoms with E-state index in [9.17, 15) is 18.0 Å². The SMILES string of the molecule is COC(=O)[C@H](CC(C)C)NS(=O)(=O)c1ccc2c(c1)CCC(=O)N2. The van der Waals surface area contributed by atoms with Gasteiger partial charge < -0.3 is 10.1 Å². The fourth-order valence-electron chi connectivity index (χ4n) is 2.59. The fraction of sp³-hybridized carbons (Fsp3) is 0.500. The molecule has 7 nitrogen and oxygen atoms in total. The Morgan fingerprint density at radius 1 is 1.33 bits per heavy atom. The molecule has 0 saturated heterocycles. The number of hydrogen-bond acceptors (Lipinski definition) is 5. The van der Waals surface area contributed by atoms with Crippen LogP contribution in [0.3, 0.4) is 0 Å². The number of aryl methyl sites for hydroxylation is 1. The van der Waals surface area contributed by atoms with Crippen LogP contribution in [0, 0.1) is 5.92 Å². The number of fused-ring (bicyclic) bond motifs is 1. The summed E-state index contributed by atoms with van der Waals surface area (Å²) in [6.45, 7) is 3.79. The molecule has 0 aliphatic carbocycles. The van der Waals surface area contributed by atoms with Crippen molar-refractivity contribution in [2.45, 2.75) is 44.0 Å². The Bertz CT molecular complexity index is 743. The van der Waals surface area contributed by atoms with Crippen molar-refractivity contribution >= 4 is 27.6 Å². The first-order valence-electron chi connectivity index (χ1n) is 7.76. The topological polar surface area (TPSA) is 102 Å². The number of ether oxygens (including phenoxy) is 1. The van der Waals surface area contributed by atoms with Gasteiger partial charge in [-0.15, -0.1) is 0 Å². The standard InChI is InChI=1S/C16H22N2O5S/c1-10(2)8-14(16(20)23-3)18-24(21,22)12-5-6-13-11(9-12)4-7-15(19)17-13/h5-6,9-10,14,18H,4,7-8H2,1-3H3,(H,17,19)/t14-/m0/s1. The number of esters is 1. The number of hydrogen-bond donors (Lipinski definition) is 2. The Labute approximate surface area is 141 Å². The van der Waals surface area contributed by atoms with Crippen molar-refractivity contribution in [2.24, 2.45) is 5.92 Å². The van der Waals surface area contributed by atoms with Crippen LogP contribution in [0.1, 0.15) is 32.3 Å². The molecular formula is C16H22N2O5S. The maximum absolute atomic E-state index is 12.6. The maximum atomic E-state index is 12.6. The number of rotatable bonds is 6. The molecule has 0 radical (unpaired) electrons. The monoisotopic (exact) mass is 354 g/mol. The first kappa shape index (κ1) is 18.4. The molecule has 1 amide bonds. The van der Waals surface area contributed by atoms with Crippen LogP contribution in [-0.2, 0) is 30.8 Å².